The minimum atomic E-state index is -0.464. The van der Waals surface area contributed by atoms with Gasteiger partial charge >= 0.3 is 5.97 Å². The molecule has 172 valence electrons. The number of piperidine rings is 1. The normalized spacial score (nSPS) is 17.6. The van der Waals surface area contributed by atoms with Gasteiger partial charge in [0.25, 0.3) is 0 Å². The highest BCUT2D eigenvalue weighted by Gasteiger charge is 2.28. The third kappa shape index (κ3) is 5.19. The molecule has 2 aliphatic rings. The Kier molecular flexibility index (Phi) is 7.22. The maximum absolute atomic E-state index is 13.4. The molecule has 0 radical (unpaired) electrons. The van der Waals surface area contributed by atoms with E-state index in [4.69, 9.17) is 4.74 Å². The average molecular weight is 442 g/mol. The number of amides is 1. The number of rotatable bonds is 7. The Bertz CT molecular complexity index is 926. The molecule has 4 rings (SSSR count). The second-order valence-electron chi connectivity index (χ2n) is 8.89. The molecule has 1 aromatic carbocycles. The van der Waals surface area contributed by atoms with E-state index in [9.17, 15) is 14.0 Å². The molecule has 0 unspecified atom stereocenters. The summed E-state index contributed by atoms with van der Waals surface area (Å²) in [5.41, 5.74) is 1.81. The van der Waals surface area contributed by atoms with Gasteiger partial charge in [-0.15, -0.1) is 0 Å². The summed E-state index contributed by atoms with van der Waals surface area (Å²) < 4.78 is 20.4. The standard InChI is InChI=1S/C25H32FN3O3/c1-2-32-25(31)22-17-23(19-8-10-20(26)11-9-19)29(27-22)21-13-15-28(16-14-21)24(30)12-7-18-5-3-4-6-18/h8-11,17-18,21H,2-7,12-16H2,1H3. The molecule has 2 heterocycles. The summed E-state index contributed by atoms with van der Waals surface area (Å²) in [6.45, 7) is 3.41. The molecule has 1 aliphatic carbocycles. The van der Waals surface area contributed by atoms with E-state index < -0.39 is 5.97 Å². The van der Waals surface area contributed by atoms with Crippen molar-refractivity contribution < 1.29 is 18.7 Å². The van der Waals surface area contributed by atoms with Gasteiger partial charge < -0.3 is 9.64 Å². The largest absolute Gasteiger partial charge is 0.461 e. The Morgan fingerprint density at radius 3 is 2.44 bits per heavy atom. The minimum Gasteiger partial charge on any atom is -0.461 e. The molecule has 32 heavy (non-hydrogen) atoms. The van der Waals surface area contributed by atoms with Crippen molar-refractivity contribution in [2.75, 3.05) is 19.7 Å². The van der Waals surface area contributed by atoms with Gasteiger partial charge in [0.2, 0.25) is 5.91 Å². The van der Waals surface area contributed by atoms with Crippen LogP contribution in [0.3, 0.4) is 0 Å². The Labute approximate surface area is 188 Å². The van der Waals surface area contributed by atoms with E-state index in [0.717, 1.165) is 36.4 Å². The van der Waals surface area contributed by atoms with E-state index in [1.54, 1.807) is 25.1 Å². The molecule has 1 amide bonds. The van der Waals surface area contributed by atoms with Gasteiger partial charge in [0.1, 0.15) is 5.82 Å². The molecule has 1 aromatic heterocycles. The van der Waals surface area contributed by atoms with Crippen LogP contribution in [0.15, 0.2) is 30.3 Å². The number of carbonyl (C=O) groups excluding carboxylic acids is 2. The summed E-state index contributed by atoms with van der Waals surface area (Å²) in [5, 5.41) is 4.55. The molecule has 0 spiro atoms. The number of carbonyl (C=O) groups is 2. The van der Waals surface area contributed by atoms with Crippen molar-refractivity contribution in [3.8, 4) is 11.3 Å². The highest BCUT2D eigenvalue weighted by molar-refractivity contribution is 5.88. The zero-order valence-corrected chi connectivity index (χ0v) is 18.8. The number of halogens is 1. The van der Waals surface area contributed by atoms with Crippen molar-refractivity contribution >= 4 is 11.9 Å². The van der Waals surface area contributed by atoms with Crippen molar-refractivity contribution in [1.82, 2.24) is 14.7 Å². The van der Waals surface area contributed by atoms with Crippen LogP contribution in [0.4, 0.5) is 4.39 Å². The lowest BCUT2D eigenvalue weighted by molar-refractivity contribution is -0.132. The van der Waals surface area contributed by atoms with Crippen LogP contribution >= 0.6 is 0 Å². The third-order valence-electron chi connectivity index (χ3n) is 6.76. The van der Waals surface area contributed by atoms with Crippen molar-refractivity contribution in [3.63, 3.8) is 0 Å². The second kappa shape index (κ2) is 10.3. The van der Waals surface area contributed by atoms with Crippen LogP contribution in [0.1, 0.15) is 74.8 Å². The summed E-state index contributed by atoms with van der Waals surface area (Å²) in [6.07, 6.45) is 8.34. The number of hydrogen-bond acceptors (Lipinski definition) is 4. The first-order valence-electron chi connectivity index (χ1n) is 11.9. The number of hydrogen-bond donors (Lipinski definition) is 0. The summed E-state index contributed by atoms with van der Waals surface area (Å²) in [7, 11) is 0. The molecule has 1 saturated heterocycles. The summed E-state index contributed by atoms with van der Waals surface area (Å²) in [5.74, 6) is 0.200. The second-order valence-corrected chi connectivity index (χ2v) is 8.89. The van der Waals surface area contributed by atoms with Crippen molar-refractivity contribution in [3.05, 3.63) is 41.8 Å². The molecular weight excluding hydrogens is 409 g/mol. The van der Waals surface area contributed by atoms with Crippen molar-refractivity contribution in [1.29, 1.82) is 0 Å². The fourth-order valence-corrected chi connectivity index (χ4v) is 4.96. The maximum Gasteiger partial charge on any atom is 0.358 e. The van der Waals surface area contributed by atoms with Crippen LogP contribution in [0.25, 0.3) is 11.3 Å². The topological polar surface area (TPSA) is 64.4 Å². The molecule has 1 saturated carbocycles. The number of likely N-dealkylation sites (tertiary alicyclic amines) is 1. The molecule has 2 aromatic rings. The van der Waals surface area contributed by atoms with Crippen LogP contribution in [-0.2, 0) is 9.53 Å². The molecule has 0 atom stereocenters. The molecule has 0 N–H and O–H groups in total. The van der Waals surface area contributed by atoms with Gasteiger partial charge in [-0.2, -0.15) is 5.10 Å². The van der Waals surface area contributed by atoms with Crippen molar-refractivity contribution in [2.24, 2.45) is 5.92 Å². The quantitative estimate of drug-likeness (QED) is 0.567. The van der Waals surface area contributed by atoms with Crippen molar-refractivity contribution in [2.45, 2.75) is 64.3 Å². The zero-order valence-electron chi connectivity index (χ0n) is 18.8. The number of aromatic nitrogens is 2. The molecule has 1 aliphatic heterocycles. The first kappa shape index (κ1) is 22.5. The number of nitrogens with zero attached hydrogens (tertiary/aromatic N) is 3. The van der Waals surface area contributed by atoms with Gasteiger partial charge in [-0.1, -0.05) is 25.7 Å². The molecule has 6 nitrogen and oxygen atoms in total. The number of esters is 1. The third-order valence-corrected chi connectivity index (χ3v) is 6.76. The lowest BCUT2D eigenvalue weighted by atomic mass is 10.00. The summed E-state index contributed by atoms with van der Waals surface area (Å²) in [6, 6.07) is 7.98. The first-order chi connectivity index (χ1) is 15.5. The van der Waals surface area contributed by atoms with Gasteiger partial charge in [0.05, 0.1) is 18.3 Å². The van der Waals surface area contributed by atoms with E-state index in [0.29, 0.717) is 19.5 Å². The molecule has 2 fully saturated rings. The van der Waals surface area contributed by atoms with E-state index in [-0.39, 0.29) is 30.1 Å². The predicted octanol–water partition coefficient (Wildman–Crippen LogP) is 5.00. The van der Waals surface area contributed by atoms with Crippen LogP contribution < -0.4 is 0 Å². The van der Waals surface area contributed by atoms with E-state index in [1.165, 1.54) is 37.8 Å². The molecular formula is C25H32FN3O3. The number of benzene rings is 1. The monoisotopic (exact) mass is 441 g/mol. The van der Waals surface area contributed by atoms with Gasteiger partial charge in [0, 0.05) is 25.1 Å². The highest BCUT2D eigenvalue weighted by atomic mass is 19.1. The van der Waals surface area contributed by atoms with Crippen LogP contribution in [0, 0.1) is 11.7 Å². The molecule has 0 bridgehead atoms. The zero-order chi connectivity index (χ0) is 22.5. The lowest BCUT2D eigenvalue weighted by Crippen LogP contribution is -2.39. The lowest BCUT2D eigenvalue weighted by Gasteiger charge is -2.33. The summed E-state index contributed by atoms with van der Waals surface area (Å²) in [4.78, 5) is 27.0. The van der Waals surface area contributed by atoms with Crippen LogP contribution in [0.5, 0.6) is 0 Å². The van der Waals surface area contributed by atoms with E-state index >= 15 is 0 Å². The maximum atomic E-state index is 13.4. The Hall–Kier alpha value is -2.70. The number of ether oxygens (including phenoxy) is 1. The van der Waals surface area contributed by atoms with Crippen LogP contribution in [-0.4, -0.2) is 46.3 Å². The van der Waals surface area contributed by atoms with Gasteiger partial charge in [-0.25, -0.2) is 9.18 Å². The fraction of sp³-hybridized carbons (Fsp3) is 0.560. The Morgan fingerprint density at radius 1 is 1.09 bits per heavy atom. The Balaban J connectivity index is 1.45. The smallest absolute Gasteiger partial charge is 0.358 e. The highest BCUT2D eigenvalue weighted by Crippen LogP contribution is 2.31. The predicted molar refractivity (Wildman–Crippen MR) is 120 cm³/mol. The fourth-order valence-electron chi connectivity index (χ4n) is 4.96. The molecule has 7 heteroatoms. The van der Waals surface area contributed by atoms with E-state index in [1.807, 2.05) is 9.58 Å². The van der Waals surface area contributed by atoms with Crippen LogP contribution in [0.2, 0.25) is 0 Å². The van der Waals surface area contributed by atoms with Gasteiger partial charge in [-0.3, -0.25) is 9.48 Å². The average Bonchev–Trinajstić information content (AvgIpc) is 3.49. The minimum absolute atomic E-state index is 0.0668. The Morgan fingerprint density at radius 2 is 1.78 bits per heavy atom. The van der Waals surface area contributed by atoms with Gasteiger partial charge in [0.15, 0.2) is 5.69 Å². The SMILES string of the molecule is CCOC(=O)c1cc(-c2ccc(F)cc2)n(C2CCN(C(=O)CCC3CCCC3)CC2)n1. The first-order valence-corrected chi connectivity index (χ1v) is 11.9. The van der Waals surface area contributed by atoms with E-state index in [2.05, 4.69) is 5.10 Å². The summed E-state index contributed by atoms with van der Waals surface area (Å²) >= 11 is 0. The van der Waals surface area contributed by atoms with Gasteiger partial charge in [-0.05, 0) is 62.4 Å².